The Balaban J connectivity index is 0.000000131. The molecule has 0 aliphatic carbocycles. The number of hydrogen-bond donors (Lipinski definition) is 2. The van der Waals surface area contributed by atoms with Gasteiger partial charge in [0.25, 0.3) is 0 Å². The molecule has 0 fully saturated rings. The zero-order valence-corrected chi connectivity index (χ0v) is 12.0. The predicted octanol–water partition coefficient (Wildman–Crippen LogP) is -0.831. The van der Waals surface area contributed by atoms with Gasteiger partial charge in [-0.2, -0.15) is 0 Å². The van der Waals surface area contributed by atoms with Crippen LogP contribution in [0.3, 0.4) is 0 Å². The van der Waals surface area contributed by atoms with Crippen LogP contribution in [-0.2, 0) is 0 Å². The molecule has 2 unspecified atom stereocenters. The molecule has 4 heterocycles. The molecule has 4 aliphatic heterocycles. The standard InChI is InChI=1S/2C6H7N5/c2*1-6(7)4-5(9-2-8-4)10-3-11-6/h2*2-3H,7H2,1H3. The number of nitrogens with zero attached hydrogens (tertiary/aromatic N) is 8. The second kappa shape index (κ2) is 4.93. The zero-order valence-electron chi connectivity index (χ0n) is 12.0. The van der Waals surface area contributed by atoms with E-state index in [9.17, 15) is 0 Å². The average molecular weight is 298 g/mol. The van der Waals surface area contributed by atoms with Gasteiger partial charge in [-0.15, -0.1) is 0 Å². The Bertz CT molecular complexity index is 678. The summed E-state index contributed by atoms with van der Waals surface area (Å²) < 4.78 is 0. The maximum absolute atomic E-state index is 5.77. The second-order valence-corrected chi connectivity index (χ2v) is 5.13. The molecule has 0 radical (unpaired) electrons. The largest absolute Gasteiger partial charge is 0.302 e. The summed E-state index contributed by atoms with van der Waals surface area (Å²) in [4.78, 5) is 31.5. The fourth-order valence-corrected chi connectivity index (χ4v) is 1.95. The first-order valence-corrected chi connectivity index (χ1v) is 6.43. The Morgan fingerprint density at radius 2 is 1.09 bits per heavy atom. The zero-order chi connectivity index (χ0) is 15.8. The highest BCUT2D eigenvalue weighted by Gasteiger charge is 2.33. The van der Waals surface area contributed by atoms with E-state index in [0.717, 1.165) is 0 Å². The smallest absolute Gasteiger partial charge is 0.180 e. The van der Waals surface area contributed by atoms with Crippen LogP contribution >= 0.6 is 0 Å². The van der Waals surface area contributed by atoms with Crippen molar-refractivity contribution in [3.63, 3.8) is 0 Å². The van der Waals surface area contributed by atoms with E-state index in [1.807, 2.05) is 0 Å². The van der Waals surface area contributed by atoms with E-state index in [-0.39, 0.29) is 0 Å². The van der Waals surface area contributed by atoms with Gasteiger partial charge in [0.05, 0.1) is 0 Å². The van der Waals surface area contributed by atoms with E-state index in [4.69, 9.17) is 11.5 Å². The minimum atomic E-state index is -0.756. The summed E-state index contributed by atoms with van der Waals surface area (Å²) in [6.07, 6.45) is 5.70. The number of rotatable bonds is 0. The van der Waals surface area contributed by atoms with Crippen molar-refractivity contribution >= 4 is 48.4 Å². The highest BCUT2D eigenvalue weighted by Crippen LogP contribution is 2.14. The third kappa shape index (κ3) is 2.44. The molecule has 0 saturated carbocycles. The van der Waals surface area contributed by atoms with Crippen molar-refractivity contribution < 1.29 is 0 Å². The van der Waals surface area contributed by atoms with Crippen molar-refractivity contribution in [2.45, 2.75) is 25.2 Å². The van der Waals surface area contributed by atoms with Gasteiger partial charge in [-0.05, 0) is 13.8 Å². The van der Waals surface area contributed by atoms with Gasteiger partial charge >= 0.3 is 0 Å². The molecule has 2 atom stereocenters. The number of fused-ring (bicyclic) bond motifs is 2. The van der Waals surface area contributed by atoms with Crippen LogP contribution in [0.4, 0.5) is 0 Å². The Hall–Kier alpha value is -2.72. The van der Waals surface area contributed by atoms with Gasteiger partial charge in [-0.25, -0.2) is 39.9 Å². The van der Waals surface area contributed by atoms with Crippen LogP contribution in [0.2, 0.25) is 0 Å². The lowest BCUT2D eigenvalue weighted by molar-refractivity contribution is 0.670. The number of aliphatic imine (C=N–C) groups is 8. The first-order valence-electron chi connectivity index (χ1n) is 6.43. The lowest BCUT2D eigenvalue weighted by Gasteiger charge is -2.20. The summed E-state index contributed by atoms with van der Waals surface area (Å²) in [6.45, 7) is 3.54. The summed E-state index contributed by atoms with van der Waals surface area (Å²) in [7, 11) is 0. The third-order valence-corrected chi connectivity index (χ3v) is 3.13. The van der Waals surface area contributed by atoms with Gasteiger partial charge in [-0.3, -0.25) is 0 Å². The van der Waals surface area contributed by atoms with Crippen LogP contribution in [-0.4, -0.2) is 59.8 Å². The molecule has 22 heavy (non-hydrogen) atoms. The molecule has 0 aromatic rings. The highest BCUT2D eigenvalue weighted by molar-refractivity contribution is 6.51. The Kier molecular flexibility index (Phi) is 3.19. The van der Waals surface area contributed by atoms with Gasteiger partial charge in [-0.1, -0.05) is 0 Å². The number of nitrogens with two attached hydrogens (primary N) is 2. The Morgan fingerprint density at radius 1 is 0.682 bits per heavy atom. The number of hydrogen-bond acceptors (Lipinski definition) is 10. The molecule has 10 heteroatoms. The van der Waals surface area contributed by atoms with E-state index >= 15 is 0 Å². The fourth-order valence-electron chi connectivity index (χ4n) is 1.95. The molecule has 0 amide bonds. The Morgan fingerprint density at radius 3 is 1.45 bits per heavy atom. The van der Waals surface area contributed by atoms with Crippen molar-refractivity contribution in [1.82, 2.24) is 0 Å². The molecule has 112 valence electrons. The van der Waals surface area contributed by atoms with Crippen molar-refractivity contribution in [3.05, 3.63) is 0 Å². The molecule has 10 nitrogen and oxygen atoms in total. The second-order valence-electron chi connectivity index (χ2n) is 5.13. The molecular formula is C12H14N10. The summed E-state index contributed by atoms with van der Waals surface area (Å²) in [5.74, 6) is 1.15. The first kappa shape index (κ1) is 14.2. The van der Waals surface area contributed by atoms with Crippen LogP contribution in [0.1, 0.15) is 13.8 Å². The predicted molar refractivity (Wildman–Crippen MR) is 88.9 cm³/mol. The first-order chi connectivity index (χ1) is 10.4. The van der Waals surface area contributed by atoms with E-state index in [1.165, 1.54) is 25.4 Å². The monoisotopic (exact) mass is 298 g/mol. The lowest BCUT2D eigenvalue weighted by Crippen LogP contribution is -2.47. The van der Waals surface area contributed by atoms with Gasteiger partial charge in [0.1, 0.15) is 36.8 Å². The van der Waals surface area contributed by atoms with Crippen LogP contribution in [0.15, 0.2) is 39.9 Å². The molecule has 0 saturated heterocycles. The van der Waals surface area contributed by atoms with Gasteiger partial charge in [0, 0.05) is 0 Å². The van der Waals surface area contributed by atoms with E-state index in [1.54, 1.807) is 13.8 Å². The maximum atomic E-state index is 5.77. The van der Waals surface area contributed by atoms with Crippen molar-refractivity contribution in [3.8, 4) is 0 Å². The normalized spacial score (nSPS) is 33.3. The lowest BCUT2D eigenvalue weighted by atomic mass is 10.1. The van der Waals surface area contributed by atoms with Crippen molar-refractivity contribution in [2.24, 2.45) is 51.4 Å². The van der Waals surface area contributed by atoms with Crippen molar-refractivity contribution in [1.29, 1.82) is 0 Å². The third-order valence-electron chi connectivity index (χ3n) is 3.13. The molecule has 0 aromatic heterocycles. The summed E-state index contributed by atoms with van der Waals surface area (Å²) in [6, 6.07) is 0. The van der Waals surface area contributed by atoms with Gasteiger partial charge < -0.3 is 11.5 Å². The van der Waals surface area contributed by atoms with Gasteiger partial charge in [0.2, 0.25) is 0 Å². The summed E-state index contributed by atoms with van der Waals surface area (Å²) in [5.41, 5.74) is 11.3. The summed E-state index contributed by atoms with van der Waals surface area (Å²) in [5, 5.41) is 0. The molecular weight excluding hydrogens is 284 g/mol. The maximum Gasteiger partial charge on any atom is 0.180 e. The fraction of sp³-hybridized carbons (Fsp3) is 0.333. The number of amidine groups is 2. The Labute approximate surface area is 126 Å². The minimum absolute atomic E-state index is 0.574. The summed E-state index contributed by atoms with van der Waals surface area (Å²) >= 11 is 0. The topological polar surface area (TPSA) is 151 Å². The average Bonchev–Trinajstić information content (AvgIpc) is 3.07. The highest BCUT2D eigenvalue weighted by atomic mass is 15.2. The molecule has 4 N–H and O–H groups in total. The van der Waals surface area contributed by atoms with E-state index in [2.05, 4.69) is 39.9 Å². The van der Waals surface area contributed by atoms with Crippen LogP contribution in [0.25, 0.3) is 0 Å². The van der Waals surface area contributed by atoms with Crippen LogP contribution in [0.5, 0.6) is 0 Å². The molecule has 0 bridgehead atoms. The molecule has 0 spiro atoms. The van der Waals surface area contributed by atoms with E-state index < -0.39 is 11.3 Å². The van der Waals surface area contributed by atoms with Crippen LogP contribution < -0.4 is 11.5 Å². The van der Waals surface area contributed by atoms with Crippen molar-refractivity contribution in [2.75, 3.05) is 0 Å². The quantitative estimate of drug-likeness (QED) is 0.600. The minimum Gasteiger partial charge on any atom is -0.302 e. The van der Waals surface area contributed by atoms with Crippen LogP contribution in [0, 0.1) is 0 Å². The SMILES string of the molecule is CC1(N)N=CN=C2N=CN=C21.CC1(N)N=CN=C2N=CN=C21. The van der Waals surface area contributed by atoms with Gasteiger partial charge in [0.15, 0.2) is 23.0 Å². The molecule has 0 aromatic carbocycles. The van der Waals surface area contributed by atoms with E-state index in [0.29, 0.717) is 23.1 Å². The molecule has 4 rings (SSSR count). The molecule has 4 aliphatic rings.